The molecule has 0 radical (unpaired) electrons. The lowest BCUT2D eigenvalue weighted by molar-refractivity contribution is 0.268. The Morgan fingerprint density at radius 3 is 2.68 bits per heavy atom. The molecule has 2 rings (SSSR count). The summed E-state index contributed by atoms with van der Waals surface area (Å²) in [5.41, 5.74) is 5.28. The van der Waals surface area contributed by atoms with Crippen LogP contribution in [0.4, 0.5) is 5.69 Å². The molecule has 0 unspecified atom stereocenters. The summed E-state index contributed by atoms with van der Waals surface area (Å²) in [5, 5.41) is 16.8. The number of hydrogen-bond acceptors (Lipinski definition) is 4. The number of hydrogen-bond donors (Lipinski definition) is 2. The van der Waals surface area contributed by atoms with Gasteiger partial charge in [0.05, 0.1) is 30.7 Å². The van der Waals surface area contributed by atoms with E-state index in [1.807, 2.05) is 43.8 Å². The van der Waals surface area contributed by atoms with E-state index < -0.39 is 0 Å². The molecule has 5 nitrogen and oxygen atoms in total. The first kappa shape index (κ1) is 13.5. The van der Waals surface area contributed by atoms with Gasteiger partial charge in [-0.2, -0.15) is 5.10 Å². The highest BCUT2D eigenvalue weighted by atomic mass is 16.3. The standard InChI is InChI=1S/C14H20N4O/c1-10-4-5-13(8-15-10)16-9-14-11(2)17-18(6-7-19)12(14)3/h4-5,8,16,19H,6-7,9H2,1-3H3. The van der Waals surface area contributed by atoms with Crippen LogP contribution in [0, 0.1) is 20.8 Å². The van der Waals surface area contributed by atoms with Crippen molar-refractivity contribution in [3.05, 3.63) is 41.0 Å². The maximum absolute atomic E-state index is 8.99. The number of aliphatic hydroxyl groups excluding tert-OH is 1. The first-order valence-electron chi connectivity index (χ1n) is 6.42. The van der Waals surface area contributed by atoms with Crippen molar-refractivity contribution in [2.24, 2.45) is 0 Å². The molecule has 0 aromatic carbocycles. The first-order chi connectivity index (χ1) is 9.11. The van der Waals surface area contributed by atoms with E-state index in [2.05, 4.69) is 15.4 Å². The Balaban J connectivity index is 2.09. The van der Waals surface area contributed by atoms with Gasteiger partial charge in [-0.05, 0) is 32.9 Å². The Morgan fingerprint density at radius 1 is 1.26 bits per heavy atom. The van der Waals surface area contributed by atoms with Crippen molar-refractivity contribution in [3.8, 4) is 0 Å². The van der Waals surface area contributed by atoms with Crippen LogP contribution in [0.25, 0.3) is 0 Å². The predicted molar refractivity (Wildman–Crippen MR) is 75.1 cm³/mol. The fourth-order valence-corrected chi connectivity index (χ4v) is 2.07. The van der Waals surface area contributed by atoms with Crippen LogP contribution in [0.3, 0.4) is 0 Å². The van der Waals surface area contributed by atoms with E-state index in [1.165, 1.54) is 5.56 Å². The highest BCUT2D eigenvalue weighted by Gasteiger charge is 2.10. The van der Waals surface area contributed by atoms with Gasteiger partial charge in [-0.15, -0.1) is 0 Å². The number of pyridine rings is 1. The van der Waals surface area contributed by atoms with Crippen LogP contribution >= 0.6 is 0 Å². The normalized spacial score (nSPS) is 10.7. The lowest BCUT2D eigenvalue weighted by Crippen LogP contribution is -2.07. The number of rotatable bonds is 5. The van der Waals surface area contributed by atoms with Crippen molar-refractivity contribution >= 4 is 5.69 Å². The van der Waals surface area contributed by atoms with Crippen molar-refractivity contribution in [2.45, 2.75) is 33.9 Å². The third kappa shape index (κ3) is 3.12. The van der Waals surface area contributed by atoms with Gasteiger partial charge in [-0.1, -0.05) is 0 Å². The summed E-state index contributed by atoms with van der Waals surface area (Å²) in [6.07, 6.45) is 1.83. The molecular weight excluding hydrogens is 240 g/mol. The van der Waals surface area contributed by atoms with Crippen LogP contribution in [0.1, 0.15) is 22.6 Å². The number of aryl methyl sites for hydroxylation is 2. The summed E-state index contributed by atoms with van der Waals surface area (Å²) in [6.45, 7) is 7.35. The van der Waals surface area contributed by atoms with Crippen molar-refractivity contribution < 1.29 is 5.11 Å². The fourth-order valence-electron chi connectivity index (χ4n) is 2.07. The van der Waals surface area contributed by atoms with E-state index in [9.17, 15) is 0 Å². The maximum Gasteiger partial charge on any atom is 0.0646 e. The maximum atomic E-state index is 8.99. The summed E-state index contributed by atoms with van der Waals surface area (Å²) >= 11 is 0. The van der Waals surface area contributed by atoms with Crippen LogP contribution in [-0.2, 0) is 13.1 Å². The predicted octanol–water partition coefficient (Wildman–Crippen LogP) is 1.81. The van der Waals surface area contributed by atoms with Gasteiger partial charge in [0.15, 0.2) is 0 Å². The van der Waals surface area contributed by atoms with Gasteiger partial charge in [0, 0.05) is 23.5 Å². The van der Waals surface area contributed by atoms with E-state index in [1.54, 1.807) is 0 Å². The molecule has 0 bridgehead atoms. The van der Waals surface area contributed by atoms with Crippen LogP contribution < -0.4 is 5.32 Å². The van der Waals surface area contributed by atoms with Crippen molar-refractivity contribution in [3.63, 3.8) is 0 Å². The molecule has 0 aliphatic carbocycles. The second-order valence-electron chi connectivity index (χ2n) is 4.64. The largest absolute Gasteiger partial charge is 0.394 e. The minimum atomic E-state index is 0.108. The molecule has 2 N–H and O–H groups in total. The van der Waals surface area contributed by atoms with Gasteiger partial charge in [0.2, 0.25) is 0 Å². The summed E-state index contributed by atoms with van der Waals surface area (Å²) in [5.74, 6) is 0. The quantitative estimate of drug-likeness (QED) is 0.860. The minimum absolute atomic E-state index is 0.108. The molecule has 0 aliphatic rings. The van der Waals surface area contributed by atoms with E-state index in [-0.39, 0.29) is 6.61 Å². The Morgan fingerprint density at radius 2 is 2.05 bits per heavy atom. The van der Waals surface area contributed by atoms with Crippen LogP contribution in [0.5, 0.6) is 0 Å². The molecular formula is C14H20N4O. The zero-order valence-electron chi connectivity index (χ0n) is 11.6. The lowest BCUT2D eigenvalue weighted by Gasteiger charge is -2.07. The molecule has 2 heterocycles. The average molecular weight is 260 g/mol. The van der Waals surface area contributed by atoms with Gasteiger partial charge in [0.25, 0.3) is 0 Å². The van der Waals surface area contributed by atoms with E-state index in [0.29, 0.717) is 13.1 Å². The molecule has 102 valence electrons. The summed E-state index contributed by atoms with van der Waals surface area (Å²) in [6, 6.07) is 4.00. The molecule has 0 atom stereocenters. The highest BCUT2D eigenvalue weighted by molar-refractivity contribution is 5.42. The van der Waals surface area contributed by atoms with Gasteiger partial charge < -0.3 is 10.4 Å². The molecule has 0 aliphatic heterocycles. The Bertz CT molecular complexity index is 545. The molecule has 0 saturated carbocycles. The Kier molecular flexibility index (Phi) is 4.16. The smallest absolute Gasteiger partial charge is 0.0646 e. The molecule has 19 heavy (non-hydrogen) atoms. The molecule has 0 spiro atoms. The third-order valence-electron chi connectivity index (χ3n) is 3.22. The summed E-state index contributed by atoms with van der Waals surface area (Å²) in [7, 11) is 0. The minimum Gasteiger partial charge on any atom is -0.394 e. The second kappa shape index (κ2) is 5.84. The molecule has 2 aromatic rings. The number of aromatic nitrogens is 3. The van der Waals surface area contributed by atoms with E-state index in [4.69, 9.17) is 5.11 Å². The number of nitrogens with zero attached hydrogens (tertiary/aromatic N) is 3. The zero-order valence-corrected chi connectivity index (χ0v) is 11.6. The van der Waals surface area contributed by atoms with Crippen molar-refractivity contribution in [1.82, 2.24) is 14.8 Å². The van der Waals surface area contributed by atoms with Gasteiger partial charge >= 0.3 is 0 Å². The van der Waals surface area contributed by atoms with Crippen LogP contribution in [-0.4, -0.2) is 26.5 Å². The SMILES string of the molecule is Cc1ccc(NCc2c(C)nn(CCO)c2C)cn1. The first-order valence-corrected chi connectivity index (χ1v) is 6.42. The number of anilines is 1. The van der Waals surface area contributed by atoms with Crippen LogP contribution in [0.2, 0.25) is 0 Å². The van der Waals surface area contributed by atoms with Crippen molar-refractivity contribution in [1.29, 1.82) is 0 Å². The monoisotopic (exact) mass is 260 g/mol. The average Bonchev–Trinajstić information content (AvgIpc) is 2.65. The molecule has 2 aromatic heterocycles. The molecule has 5 heteroatoms. The molecule has 0 fully saturated rings. The van der Waals surface area contributed by atoms with E-state index in [0.717, 1.165) is 22.8 Å². The van der Waals surface area contributed by atoms with Gasteiger partial charge in [-0.3, -0.25) is 9.67 Å². The number of nitrogens with one attached hydrogen (secondary N) is 1. The van der Waals surface area contributed by atoms with E-state index >= 15 is 0 Å². The summed E-state index contributed by atoms with van der Waals surface area (Å²) in [4.78, 5) is 4.25. The topological polar surface area (TPSA) is 63.0 Å². The second-order valence-corrected chi connectivity index (χ2v) is 4.64. The van der Waals surface area contributed by atoms with Crippen molar-refractivity contribution in [2.75, 3.05) is 11.9 Å². The number of aliphatic hydroxyl groups is 1. The van der Waals surface area contributed by atoms with Gasteiger partial charge in [0.1, 0.15) is 0 Å². The third-order valence-corrected chi connectivity index (χ3v) is 3.22. The molecule has 0 saturated heterocycles. The highest BCUT2D eigenvalue weighted by Crippen LogP contribution is 2.15. The Hall–Kier alpha value is -1.88. The lowest BCUT2D eigenvalue weighted by atomic mass is 10.2. The zero-order chi connectivity index (χ0) is 13.8. The van der Waals surface area contributed by atoms with Gasteiger partial charge in [-0.25, -0.2) is 0 Å². The molecule has 0 amide bonds. The fraction of sp³-hybridized carbons (Fsp3) is 0.429. The van der Waals surface area contributed by atoms with Crippen LogP contribution in [0.15, 0.2) is 18.3 Å². The summed E-state index contributed by atoms with van der Waals surface area (Å²) < 4.78 is 1.85. The Labute approximate surface area is 113 Å².